The summed E-state index contributed by atoms with van der Waals surface area (Å²) in [4.78, 5) is 21.8. The molecule has 0 unspecified atom stereocenters. The van der Waals surface area contributed by atoms with Gasteiger partial charge in [0.15, 0.2) is 5.75 Å². The number of ether oxygens (including phenoxy) is 1. The van der Waals surface area contributed by atoms with Gasteiger partial charge in [0.05, 0.1) is 8.95 Å². The molecule has 0 N–H and O–H groups in total. The molecule has 1 aromatic carbocycles. The predicted octanol–water partition coefficient (Wildman–Crippen LogP) is 3.51. The topological polar surface area (TPSA) is 43.4 Å². The second kappa shape index (κ2) is 5.96. The molecule has 0 aliphatic carbocycles. The van der Waals surface area contributed by atoms with E-state index in [1.165, 1.54) is 6.08 Å². The fourth-order valence-corrected chi connectivity index (χ4v) is 2.40. The molecule has 0 radical (unpaired) electrons. The van der Waals surface area contributed by atoms with Gasteiger partial charge in [-0.1, -0.05) is 6.08 Å². The number of hydrogen-bond acceptors (Lipinski definition) is 3. The number of aldehydes is 1. The van der Waals surface area contributed by atoms with E-state index in [0.717, 1.165) is 0 Å². The molecule has 16 heavy (non-hydrogen) atoms. The smallest absolute Gasteiger partial charge is 0.335 e. The molecule has 0 aliphatic heterocycles. The van der Waals surface area contributed by atoms with Gasteiger partial charge in [0.1, 0.15) is 6.29 Å². The van der Waals surface area contributed by atoms with Crippen molar-refractivity contribution in [3.8, 4) is 5.75 Å². The highest BCUT2D eigenvalue weighted by Gasteiger charge is 2.11. The summed E-state index contributed by atoms with van der Waals surface area (Å²) in [6.07, 6.45) is 3.61. The van der Waals surface area contributed by atoms with E-state index < -0.39 is 5.97 Å². The molecule has 84 valence electrons. The van der Waals surface area contributed by atoms with E-state index in [1.807, 2.05) is 0 Å². The fourth-order valence-electron chi connectivity index (χ4n) is 1.02. The van der Waals surface area contributed by atoms with E-state index in [9.17, 15) is 9.59 Å². The SMILES string of the molecule is C/C=C/C(=O)Oc1c(Br)cc(C=O)cc1Br. The van der Waals surface area contributed by atoms with Crippen molar-refractivity contribution >= 4 is 44.1 Å². The molecule has 0 saturated carbocycles. The van der Waals surface area contributed by atoms with Crippen LogP contribution in [0.3, 0.4) is 0 Å². The van der Waals surface area contributed by atoms with Crippen LogP contribution >= 0.6 is 31.9 Å². The van der Waals surface area contributed by atoms with E-state index in [4.69, 9.17) is 4.74 Å². The Morgan fingerprint density at radius 1 is 1.31 bits per heavy atom. The minimum Gasteiger partial charge on any atom is -0.421 e. The molecule has 0 fully saturated rings. The summed E-state index contributed by atoms with van der Waals surface area (Å²) in [7, 11) is 0. The Kier molecular flexibility index (Phi) is 4.89. The van der Waals surface area contributed by atoms with Gasteiger partial charge < -0.3 is 4.74 Å². The molecule has 3 nitrogen and oxygen atoms in total. The van der Waals surface area contributed by atoms with E-state index in [2.05, 4.69) is 31.9 Å². The van der Waals surface area contributed by atoms with Crippen molar-refractivity contribution in [2.75, 3.05) is 0 Å². The lowest BCUT2D eigenvalue weighted by Gasteiger charge is -2.07. The minimum atomic E-state index is -0.470. The summed E-state index contributed by atoms with van der Waals surface area (Å²) in [6, 6.07) is 3.16. The maximum absolute atomic E-state index is 11.3. The van der Waals surface area contributed by atoms with Crippen molar-refractivity contribution in [3.63, 3.8) is 0 Å². The molecular weight excluding hydrogens is 340 g/mol. The largest absolute Gasteiger partial charge is 0.421 e. The molecule has 1 rings (SSSR count). The maximum Gasteiger partial charge on any atom is 0.335 e. The van der Waals surface area contributed by atoms with Crippen molar-refractivity contribution in [3.05, 3.63) is 38.8 Å². The van der Waals surface area contributed by atoms with Gasteiger partial charge in [-0.2, -0.15) is 0 Å². The highest BCUT2D eigenvalue weighted by molar-refractivity contribution is 9.11. The van der Waals surface area contributed by atoms with E-state index >= 15 is 0 Å². The molecule has 0 bridgehead atoms. The van der Waals surface area contributed by atoms with Gasteiger partial charge in [-0.3, -0.25) is 4.79 Å². The average molecular weight is 348 g/mol. The number of carbonyl (C=O) groups is 2. The number of benzene rings is 1. The van der Waals surface area contributed by atoms with Gasteiger partial charge in [0.25, 0.3) is 0 Å². The summed E-state index contributed by atoms with van der Waals surface area (Å²) in [5.41, 5.74) is 0.490. The molecule has 0 saturated heterocycles. The Balaban J connectivity index is 3.05. The molecule has 0 heterocycles. The first-order valence-corrected chi connectivity index (χ1v) is 5.95. The Morgan fingerprint density at radius 3 is 2.31 bits per heavy atom. The van der Waals surface area contributed by atoms with Crippen LogP contribution < -0.4 is 4.74 Å². The Hall–Kier alpha value is -0.940. The summed E-state index contributed by atoms with van der Waals surface area (Å²) < 4.78 is 6.17. The number of carbonyl (C=O) groups excluding carboxylic acids is 2. The summed E-state index contributed by atoms with van der Waals surface area (Å²) in [5.74, 6) is -0.114. The van der Waals surface area contributed by atoms with Gasteiger partial charge in [0.2, 0.25) is 0 Å². The normalized spacial score (nSPS) is 10.4. The third kappa shape index (κ3) is 3.28. The highest BCUT2D eigenvalue weighted by atomic mass is 79.9. The average Bonchev–Trinajstić information content (AvgIpc) is 2.23. The molecule has 0 atom stereocenters. The number of esters is 1. The van der Waals surface area contributed by atoms with Gasteiger partial charge in [-0.05, 0) is 50.9 Å². The first-order valence-electron chi connectivity index (χ1n) is 4.37. The van der Waals surface area contributed by atoms with Crippen molar-refractivity contribution < 1.29 is 14.3 Å². The zero-order valence-electron chi connectivity index (χ0n) is 8.37. The summed E-state index contributed by atoms with van der Waals surface area (Å²) in [5, 5.41) is 0. The van der Waals surface area contributed by atoms with Crippen LogP contribution in [0.15, 0.2) is 33.2 Å². The molecule has 5 heteroatoms. The van der Waals surface area contributed by atoms with Crippen molar-refractivity contribution in [2.45, 2.75) is 6.92 Å². The molecule has 0 aromatic heterocycles. The number of hydrogen-bond donors (Lipinski definition) is 0. The van der Waals surface area contributed by atoms with Gasteiger partial charge in [-0.25, -0.2) is 4.79 Å². The Labute approximate surface area is 110 Å². The van der Waals surface area contributed by atoms with Crippen LogP contribution in [0.1, 0.15) is 17.3 Å². The highest BCUT2D eigenvalue weighted by Crippen LogP contribution is 2.34. The molecule has 1 aromatic rings. The van der Waals surface area contributed by atoms with E-state index in [-0.39, 0.29) is 0 Å². The van der Waals surface area contributed by atoms with Crippen LogP contribution in [-0.4, -0.2) is 12.3 Å². The van der Waals surface area contributed by atoms with Crippen LogP contribution in [-0.2, 0) is 4.79 Å². The summed E-state index contributed by atoms with van der Waals surface area (Å²) in [6.45, 7) is 1.72. The van der Waals surface area contributed by atoms with Gasteiger partial charge in [0, 0.05) is 11.6 Å². The lowest BCUT2D eigenvalue weighted by Crippen LogP contribution is -2.05. The number of rotatable bonds is 3. The van der Waals surface area contributed by atoms with Crippen LogP contribution in [0.4, 0.5) is 0 Å². The Morgan fingerprint density at radius 2 is 1.88 bits per heavy atom. The first-order chi connectivity index (χ1) is 7.58. The third-order valence-corrected chi connectivity index (χ3v) is 2.84. The quantitative estimate of drug-likeness (QED) is 0.364. The van der Waals surface area contributed by atoms with Crippen molar-refractivity contribution in [2.24, 2.45) is 0 Å². The first kappa shape index (κ1) is 13.1. The second-order valence-corrected chi connectivity index (χ2v) is 4.56. The number of allylic oxidation sites excluding steroid dienone is 1. The van der Waals surface area contributed by atoms with Crippen LogP contribution in [0.5, 0.6) is 5.75 Å². The fraction of sp³-hybridized carbons (Fsp3) is 0.0909. The minimum absolute atomic E-state index is 0.355. The second-order valence-electron chi connectivity index (χ2n) is 2.85. The van der Waals surface area contributed by atoms with Gasteiger partial charge >= 0.3 is 5.97 Å². The van der Waals surface area contributed by atoms with Crippen LogP contribution in [0, 0.1) is 0 Å². The third-order valence-electron chi connectivity index (χ3n) is 1.66. The molecule has 0 amide bonds. The van der Waals surface area contributed by atoms with Gasteiger partial charge in [-0.15, -0.1) is 0 Å². The summed E-state index contributed by atoms with van der Waals surface area (Å²) >= 11 is 6.46. The Bertz CT molecular complexity index is 430. The zero-order valence-corrected chi connectivity index (χ0v) is 11.5. The standard InChI is InChI=1S/C11H8Br2O3/c1-2-3-10(15)16-11-8(12)4-7(6-14)5-9(11)13/h2-6H,1H3/b3-2+. The molecule has 0 aliphatic rings. The predicted molar refractivity (Wildman–Crippen MR) is 67.7 cm³/mol. The van der Waals surface area contributed by atoms with Crippen molar-refractivity contribution in [1.29, 1.82) is 0 Å². The maximum atomic E-state index is 11.3. The van der Waals surface area contributed by atoms with E-state index in [0.29, 0.717) is 26.5 Å². The molecule has 0 spiro atoms. The zero-order chi connectivity index (χ0) is 12.1. The van der Waals surface area contributed by atoms with Crippen LogP contribution in [0.2, 0.25) is 0 Å². The number of halogens is 2. The monoisotopic (exact) mass is 346 g/mol. The van der Waals surface area contributed by atoms with Crippen LogP contribution in [0.25, 0.3) is 0 Å². The van der Waals surface area contributed by atoms with Crippen molar-refractivity contribution in [1.82, 2.24) is 0 Å². The van der Waals surface area contributed by atoms with E-state index in [1.54, 1.807) is 25.1 Å². The lowest BCUT2D eigenvalue weighted by atomic mass is 10.2. The lowest BCUT2D eigenvalue weighted by molar-refractivity contribution is -0.129. The molecular formula is C11H8Br2O3.